The van der Waals surface area contributed by atoms with E-state index in [0.717, 1.165) is 23.7 Å². The van der Waals surface area contributed by atoms with Crippen molar-refractivity contribution < 1.29 is 4.74 Å². The van der Waals surface area contributed by atoms with Crippen LogP contribution in [0.1, 0.15) is 39.0 Å². The third-order valence-corrected chi connectivity index (χ3v) is 5.44. The summed E-state index contributed by atoms with van der Waals surface area (Å²) in [6, 6.07) is 0. The molecule has 3 aliphatic carbocycles. The molecule has 0 amide bonds. The van der Waals surface area contributed by atoms with E-state index in [9.17, 15) is 0 Å². The van der Waals surface area contributed by atoms with E-state index in [-0.39, 0.29) is 0 Å². The summed E-state index contributed by atoms with van der Waals surface area (Å²) in [6.07, 6.45) is 8.10. The molecular weight excluding hydrogens is 160 g/mol. The Labute approximate surface area is 79.8 Å². The molecule has 0 radical (unpaired) electrons. The Morgan fingerprint density at radius 1 is 1.08 bits per heavy atom. The minimum absolute atomic E-state index is 0.339. The second kappa shape index (κ2) is 1.98. The van der Waals surface area contributed by atoms with Crippen molar-refractivity contribution in [3.05, 3.63) is 0 Å². The smallest absolute Gasteiger partial charge is 0.0923 e. The van der Waals surface area contributed by atoms with Gasteiger partial charge >= 0.3 is 0 Å². The standard InChI is InChI=1S/C12H18O/c1-12-6-10-8-3-2-7(4-8)9(10)5-11(12)13-12/h7-11H,2-6H2,1H3. The third-order valence-electron chi connectivity index (χ3n) is 5.44. The van der Waals surface area contributed by atoms with Gasteiger partial charge in [0.15, 0.2) is 0 Å². The highest BCUT2D eigenvalue weighted by Gasteiger charge is 2.63. The number of hydrogen-bond donors (Lipinski definition) is 0. The second-order valence-electron chi connectivity index (χ2n) is 6.02. The molecule has 1 saturated heterocycles. The van der Waals surface area contributed by atoms with Crippen LogP contribution in [0.25, 0.3) is 0 Å². The lowest BCUT2D eigenvalue weighted by Gasteiger charge is -2.35. The topological polar surface area (TPSA) is 12.5 Å². The minimum atomic E-state index is 0.339. The minimum Gasteiger partial charge on any atom is -0.366 e. The van der Waals surface area contributed by atoms with Crippen molar-refractivity contribution >= 4 is 0 Å². The van der Waals surface area contributed by atoms with Gasteiger partial charge in [-0.05, 0) is 62.7 Å². The summed E-state index contributed by atoms with van der Waals surface area (Å²) in [7, 11) is 0. The van der Waals surface area contributed by atoms with E-state index in [0.29, 0.717) is 11.7 Å². The number of ether oxygens (including phenoxy) is 1. The predicted octanol–water partition coefficient (Wildman–Crippen LogP) is 2.60. The lowest BCUT2D eigenvalue weighted by Crippen LogP contribution is -2.33. The number of epoxide rings is 1. The molecule has 0 aromatic rings. The van der Waals surface area contributed by atoms with Gasteiger partial charge in [-0.15, -0.1) is 0 Å². The summed E-state index contributed by atoms with van der Waals surface area (Å²) in [5, 5.41) is 0. The molecule has 72 valence electrons. The zero-order chi connectivity index (χ0) is 8.63. The Balaban J connectivity index is 1.67. The summed E-state index contributed by atoms with van der Waals surface area (Å²) in [6.45, 7) is 2.33. The average molecular weight is 178 g/mol. The van der Waals surface area contributed by atoms with Gasteiger partial charge in [-0.25, -0.2) is 0 Å². The maximum absolute atomic E-state index is 5.83. The van der Waals surface area contributed by atoms with Gasteiger partial charge in [0.05, 0.1) is 11.7 Å². The van der Waals surface area contributed by atoms with Gasteiger partial charge in [-0.3, -0.25) is 0 Å². The first kappa shape index (κ1) is 7.28. The van der Waals surface area contributed by atoms with Crippen LogP contribution in [0.5, 0.6) is 0 Å². The first-order valence-electron chi connectivity index (χ1n) is 5.94. The summed E-state index contributed by atoms with van der Waals surface area (Å²) in [4.78, 5) is 0. The molecule has 6 atom stereocenters. The normalized spacial score (nSPS) is 67.6. The van der Waals surface area contributed by atoms with Crippen LogP contribution in [-0.4, -0.2) is 11.7 Å². The van der Waals surface area contributed by atoms with Gasteiger partial charge in [0.25, 0.3) is 0 Å². The summed E-state index contributed by atoms with van der Waals surface area (Å²) in [5.74, 6) is 4.32. The van der Waals surface area contributed by atoms with Crippen LogP contribution in [0.15, 0.2) is 0 Å². The molecule has 0 spiro atoms. The number of fused-ring (bicyclic) bond motifs is 6. The SMILES string of the molecule is CC12CC3C4CCC(C4)C3CC1O2. The van der Waals surface area contributed by atoms with E-state index >= 15 is 0 Å². The molecule has 4 aliphatic rings. The fourth-order valence-corrected chi connectivity index (χ4v) is 4.70. The first-order valence-corrected chi connectivity index (χ1v) is 5.94. The maximum atomic E-state index is 5.83. The molecule has 6 unspecified atom stereocenters. The Bertz CT molecular complexity index is 262. The summed E-state index contributed by atoms with van der Waals surface area (Å²) < 4.78 is 5.83. The van der Waals surface area contributed by atoms with Gasteiger partial charge in [0.2, 0.25) is 0 Å². The van der Waals surface area contributed by atoms with Crippen molar-refractivity contribution in [2.75, 3.05) is 0 Å². The lowest BCUT2D eigenvalue weighted by atomic mass is 9.68. The maximum Gasteiger partial charge on any atom is 0.0923 e. The van der Waals surface area contributed by atoms with Crippen LogP contribution in [0.2, 0.25) is 0 Å². The highest BCUT2D eigenvalue weighted by molar-refractivity contribution is 5.12. The largest absolute Gasteiger partial charge is 0.366 e. The highest BCUT2D eigenvalue weighted by atomic mass is 16.6. The molecule has 0 aromatic heterocycles. The Morgan fingerprint density at radius 2 is 1.85 bits per heavy atom. The van der Waals surface area contributed by atoms with E-state index in [1.165, 1.54) is 25.7 Å². The van der Waals surface area contributed by atoms with E-state index in [4.69, 9.17) is 4.74 Å². The van der Waals surface area contributed by atoms with E-state index in [1.54, 1.807) is 6.42 Å². The predicted molar refractivity (Wildman–Crippen MR) is 50.3 cm³/mol. The van der Waals surface area contributed by atoms with Gasteiger partial charge in [-0.1, -0.05) is 0 Å². The van der Waals surface area contributed by atoms with Crippen molar-refractivity contribution in [1.29, 1.82) is 0 Å². The monoisotopic (exact) mass is 178 g/mol. The third kappa shape index (κ3) is 0.782. The van der Waals surface area contributed by atoms with Gasteiger partial charge in [-0.2, -0.15) is 0 Å². The lowest BCUT2D eigenvalue weighted by molar-refractivity contribution is 0.153. The van der Waals surface area contributed by atoms with Crippen LogP contribution in [0.3, 0.4) is 0 Å². The Kier molecular flexibility index (Phi) is 1.11. The van der Waals surface area contributed by atoms with Crippen LogP contribution in [-0.2, 0) is 4.74 Å². The number of hydrogen-bond acceptors (Lipinski definition) is 1. The molecule has 13 heavy (non-hydrogen) atoms. The van der Waals surface area contributed by atoms with E-state index in [1.807, 2.05) is 0 Å². The van der Waals surface area contributed by atoms with Crippen molar-refractivity contribution in [1.82, 2.24) is 0 Å². The molecule has 4 fully saturated rings. The fraction of sp³-hybridized carbons (Fsp3) is 1.00. The van der Waals surface area contributed by atoms with Crippen LogP contribution in [0.4, 0.5) is 0 Å². The molecule has 4 rings (SSSR count). The van der Waals surface area contributed by atoms with Crippen molar-refractivity contribution in [2.24, 2.45) is 23.7 Å². The number of rotatable bonds is 0. The van der Waals surface area contributed by atoms with Crippen LogP contribution < -0.4 is 0 Å². The summed E-state index contributed by atoms with van der Waals surface area (Å²) in [5.41, 5.74) is 0.339. The molecule has 3 saturated carbocycles. The molecule has 1 heteroatoms. The quantitative estimate of drug-likeness (QED) is 0.519. The molecule has 1 heterocycles. The van der Waals surface area contributed by atoms with Gasteiger partial charge in [0.1, 0.15) is 0 Å². The van der Waals surface area contributed by atoms with Crippen molar-refractivity contribution in [3.63, 3.8) is 0 Å². The summed E-state index contributed by atoms with van der Waals surface area (Å²) >= 11 is 0. The van der Waals surface area contributed by atoms with Crippen molar-refractivity contribution in [3.8, 4) is 0 Å². The molecule has 1 nitrogen and oxygen atoms in total. The molecular formula is C12H18O. The Morgan fingerprint density at radius 3 is 2.69 bits per heavy atom. The highest BCUT2D eigenvalue weighted by Crippen LogP contribution is 2.63. The van der Waals surface area contributed by atoms with E-state index in [2.05, 4.69) is 6.92 Å². The van der Waals surface area contributed by atoms with Crippen molar-refractivity contribution in [2.45, 2.75) is 50.7 Å². The Hall–Kier alpha value is -0.0400. The zero-order valence-electron chi connectivity index (χ0n) is 8.33. The zero-order valence-corrected chi connectivity index (χ0v) is 8.33. The van der Waals surface area contributed by atoms with E-state index < -0.39 is 0 Å². The van der Waals surface area contributed by atoms with Gasteiger partial charge < -0.3 is 4.74 Å². The van der Waals surface area contributed by atoms with Gasteiger partial charge in [0, 0.05) is 0 Å². The molecule has 2 bridgehead atoms. The average Bonchev–Trinajstić information content (AvgIpc) is 2.50. The second-order valence-corrected chi connectivity index (χ2v) is 6.02. The first-order chi connectivity index (χ1) is 6.26. The molecule has 0 N–H and O–H groups in total. The molecule has 0 aromatic carbocycles. The fourth-order valence-electron chi connectivity index (χ4n) is 4.70. The van der Waals surface area contributed by atoms with Crippen LogP contribution in [0, 0.1) is 23.7 Å². The molecule has 1 aliphatic heterocycles. The van der Waals surface area contributed by atoms with Crippen LogP contribution >= 0.6 is 0 Å².